The van der Waals surface area contributed by atoms with Gasteiger partial charge in [0.1, 0.15) is 6.04 Å². The van der Waals surface area contributed by atoms with Crippen molar-refractivity contribution in [3.63, 3.8) is 0 Å². The first-order valence-corrected chi connectivity index (χ1v) is 6.18. The van der Waals surface area contributed by atoms with Crippen LogP contribution in [0.15, 0.2) is 24.3 Å². The van der Waals surface area contributed by atoms with E-state index in [1.165, 1.54) is 0 Å². The van der Waals surface area contributed by atoms with Crippen LogP contribution < -0.4 is 16.0 Å². The van der Waals surface area contributed by atoms with Crippen LogP contribution in [0.3, 0.4) is 0 Å². The summed E-state index contributed by atoms with van der Waals surface area (Å²) < 4.78 is 0. The molecule has 1 atom stereocenters. The Morgan fingerprint density at radius 2 is 2.00 bits per heavy atom. The summed E-state index contributed by atoms with van der Waals surface area (Å²) in [6.45, 7) is 0. The van der Waals surface area contributed by atoms with E-state index in [9.17, 15) is 9.59 Å². The van der Waals surface area contributed by atoms with Crippen LogP contribution in [0, 0.1) is 0 Å². The van der Waals surface area contributed by atoms with E-state index in [1.807, 2.05) is 24.3 Å². The number of fused-ring (bicyclic) bond motifs is 1. The van der Waals surface area contributed by atoms with Crippen molar-refractivity contribution in [2.45, 2.75) is 31.3 Å². The smallest absolute Gasteiger partial charge is 0.247 e. The van der Waals surface area contributed by atoms with Gasteiger partial charge in [-0.05, 0) is 25.0 Å². The molecule has 3 rings (SSSR count). The van der Waals surface area contributed by atoms with Gasteiger partial charge in [-0.1, -0.05) is 12.1 Å². The fourth-order valence-electron chi connectivity index (χ4n) is 2.03. The zero-order valence-corrected chi connectivity index (χ0v) is 9.90. The van der Waals surface area contributed by atoms with E-state index in [-0.39, 0.29) is 18.2 Å². The first-order chi connectivity index (χ1) is 8.72. The Morgan fingerprint density at radius 1 is 1.28 bits per heavy atom. The molecule has 1 aliphatic carbocycles. The number of carbonyl (C=O) groups is 2. The van der Waals surface area contributed by atoms with Gasteiger partial charge in [0.15, 0.2) is 0 Å². The number of para-hydroxylation sites is 2. The molecule has 0 aromatic heterocycles. The van der Waals surface area contributed by atoms with Crippen molar-refractivity contribution in [2.75, 3.05) is 10.6 Å². The average Bonchev–Trinajstić information content (AvgIpc) is 3.14. The molecule has 5 nitrogen and oxygen atoms in total. The standard InChI is InChI=1S/C13H15N3O2/c17-12(14-8-5-6-8)7-11-13(18)16-10-4-2-1-3-9(10)15-11/h1-4,8,11,15H,5-7H2,(H,14,17)(H,16,18)/t11-/m0/s1. The fraction of sp³-hybridized carbons (Fsp3) is 0.385. The third kappa shape index (κ3) is 2.30. The molecule has 3 N–H and O–H groups in total. The maximum atomic E-state index is 11.8. The van der Waals surface area contributed by atoms with Crippen LogP contribution in [0.5, 0.6) is 0 Å². The molecule has 1 aromatic rings. The maximum Gasteiger partial charge on any atom is 0.247 e. The van der Waals surface area contributed by atoms with Crippen molar-refractivity contribution in [1.29, 1.82) is 0 Å². The van der Waals surface area contributed by atoms with Gasteiger partial charge in [-0.15, -0.1) is 0 Å². The summed E-state index contributed by atoms with van der Waals surface area (Å²) >= 11 is 0. The van der Waals surface area contributed by atoms with E-state index < -0.39 is 6.04 Å². The SMILES string of the molecule is O=C(C[C@@H]1Nc2ccccc2NC1=O)NC1CC1. The summed E-state index contributed by atoms with van der Waals surface area (Å²) in [6, 6.07) is 7.32. The summed E-state index contributed by atoms with van der Waals surface area (Å²) in [7, 11) is 0. The number of anilines is 2. The Bertz CT molecular complexity index is 497. The number of amides is 2. The maximum absolute atomic E-state index is 11.8. The lowest BCUT2D eigenvalue weighted by Crippen LogP contribution is -2.42. The highest BCUT2D eigenvalue weighted by molar-refractivity contribution is 6.04. The summed E-state index contributed by atoms with van der Waals surface area (Å²) in [4.78, 5) is 23.5. The minimum absolute atomic E-state index is 0.0652. The predicted octanol–water partition coefficient (Wildman–Crippen LogP) is 1.09. The van der Waals surface area contributed by atoms with Crippen LogP contribution in [-0.2, 0) is 9.59 Å². The Morgan fingerprint density at radius 3 is 2.72 bits per heavy atom. The Balaban J connectivity index is 1.66. The highest BCUT2D eigenvalue weighted by Gasteiger charge is 2.29. The third-order valence-corrected chi connectivity index (χ3v) is 3.16. The molecule has 18 heavy (non-hydrogen) atoms. The van der Waals surface area contributed by atoms with Crippen molar-refractivity contribution in [2.24, 2.45) is 0 Å². The number of rotatable bonds is 3. The van der Waals surface area contributed by atoms with Gasteiger partial charge in [0.2, 0.25) is 11.8 Å². The number of benzene rings is 1. The molecule has 1 fully saturated rings. The molecule has 94 valence electrons. The lowest BCUT2D eigenvalue weighted by Gasteiger charge is -2.26. The normalized spacial score (nSPS) is 21.6. The minimum Gasteiger partial charge on any atom is -0.372 e. The minimum atomic E-state index is -0.487. The van der Waals surface area contributed by atoms with E-state index in [1.54, 1.807) is 0 Å². The zero-order chi connectivity index (χ0) is 12.5. The van der Waals surface area contributed by atoms with E-state index in [2.05, 4.69) is 16.0 Å². The number of hydrogen-bond donors (Lipinski definition) is 3. The molecule has 0 saturated heterocycles. The topological polar surface area (TPSA) is 70.2 Å². The highest BCUT2D eigenvalue weighted by Crippen LogP contribution is 2.27. The molecule has 1 aliphatic heterocycles. The van der Waals surface area contributed by atoms with Crippen LogP contribution in [0.1, 0.15) is 19.3 Å². The zero-order valence-electron chi connectivity index (χ0n) is 9.90. The Labute approximate surface area is 105 Å². The Hall–Kier alpha value is -2.04. The molecule has 1 saturated carbocycles. The van der Waals surface area contributed by atoms with Gasteiger partial charge in [-0.2, -0.15) is 0 Å². The van der Waals surface area contributed by atoms with Gasteiger partial charge in [0.25, 0.3) is 0 Å². The van der Waals surface area contributed by atoms with Crippen LogP contribution >= 0.6 is 0 Å². The summed E-state index contributed by atoms with van der Waals surface area (Å²) in [6.07, 6.45) is 2.29. The second kappa shape index (κ2) is 4.33. The molecule has 5 heteroatoms. The first kappa shape index (κ1) is 11.1. The second-order valence-electron chi connectivity index (χ2n) is 4.78. The molecule has 0 bridgehead atoms. The predicted molar refractivity (Wildman–Crippen MR) is 68.3 cm³/mol. The van der Waals surface area contributed by atoms with Gasteiger partial charge in [0.05, 0.1) is 17.8 Å². The van der Waals surface area contributed by atoms with Gasteiger partial charge in [-0.25, -0.2) is 0 Å². The van der Waals surface area contributed by atoms with Crippen molar-refractivity contribution in [3.8, 4) is 0 Å². The van der Waals surface area contributed by atoms with Gasteiger partial charge < -0.3 is 16.0 Å². The molecule has 1 heterocycles. The van der Waals surface area contributed by atoms with Crippen molar-refractivity contribution >= 4 is 23.2 Å². The largest absolute Gasteiger partial charge is 0.372 e. The second-order valence-corrected chi connectivity index (χ2v) is 4.78. The average molecular weight is 245 g/mol. The lowest BCUT2D eigenvalue weighted by atomic mass is 10.1. The van der Waals surface area contributed by atoms with E-state index >= 15 is 0 Å². The molecule has 2 aliphatic rings. The molecular weight excluding hydrogens is 230 g/mol. The van der Waals surface area contributed by atoms with Gasteiger partial charge in [0, 0.05) is 6.04 Å². The molecule has 0 radical (unpaired) electrons. The van der Waals surface area contributed by atoms with Crippen LogP contribution in [0.2, 0.25) is 0 Å². The highest BCUT2D eigenvalue weighted by atomic mass is 16.2. The fourth-order valence-corrected chi connectivity index (χ4v) is 2.03. The van der Waals surface area contributed by atoms with Crippen LogP contribution in [0.25, 0.3) is 0 Å². The van der Waals surface area contributed by atoms with E-state index in [0.717, 1.165) is 24.2 Å². The van der Waals surface area contributed by atoms with Gasteiger partial charge in [-0.3, -0.25) is 9.59 Å². The summed E-state index contributed by atoms with van der Waals surface area (Å²) in [5.41, 5.74) is 1.63. The quantitative estimate of drug-likeness (QED) is 0.746. The lowest BCUT2D eigenvalue weighted by molar-refractivity contribution is -0.125. The van der Waals surface area contributed by atoms with Crippen LogP contribution in [0.4, 0.5) is 11.4 Å². The van der Waals surface area contributed by atoms with E-state index in [4.69, 9.17) is 0 Å². The van der Waals surface area contributed by atoms with Crippen molar-refractivity contribution in [1.82, 2.24) is 5.32 Å². The summed E-state index contributed by atoms with van der Waals surface area (Å²) in [5, 5.41) is 8.79. The number of hydrogen-bond acceptors (Lipinski definition) is 3. The molecular formula is C13H15N3O2. The molecule has 2 amide bonds. The molecule has 1 aromatic carbocycles. The third-order valence-electron chi connectivity index (χ3n) is 3.16. The van der Waals surface area contributed by atoms with Crippen LogP contribution in [-0.4, -0.2) is 23.9 Å². The Kier molecular flexibility index (Phi) is 2.66. The summed E-state index contributed by atoms with van der Waals surface area (Å²) in [5.74, 6) is -0.218. The van der Waals surface area contributed by atoms with Crippen molar-refractivity contribution < 1.29 is 9.59 Å². The first-order valence-electron chi connectivity index (χ1n) is 6.18. The monoisotopic (exact) mass is 245 g/mol. The number of carbonyl (C=O) groups excluding carboxylic acids is 2. The number of nitrogens with one attached hydrogen (secondary N) is 3. The molecule has 0 spiro atoms. The van der Waals surface area contributed by atoms with Crippen molar-refractivity contribution in [3.05, 3.63) is 24.3 Å². The van der Waals surface area contributed by atoms with Gasteiger partial charge >= 0.3 is 0 Å². The molecule has 0 unspecified atom stereocenters. The van der Waals surface area contributed by atoms with E-state index in [0.29, 0.717) is 6.04 Å².